The molecule has 0 radical (unpaired) electrons. The smallest absolute Gasteiger partial charge is 0.275 e. The van der Waals surface area contributed by atoms with Gasteiger partial charge in [-0.1, -0.05) is 91.0 Å². The number of nitrogens with zero attached hydrogens (tertiary/aromatic N) is 2. The molecule has 1 fully saturated rings. The van der Waals surface area contributed by atoms with E-state index in [9.17, 15) is 4.79 Å². The Morgan fingerprint density at radius 3 is 2.11 bits per heavy atom. The van der Waals surface area contributed by atoms with Gasteiger partial charge < -0.3 is 4.74 Å². The summed E-state index contributed by atoms with van der Waals surface area (Å²) >= 11 is 0. The molecule has 1 aliphatic rings. The van der Waals surface area contributed by atoms with Crippen molar-refractivity contribution in [3.8, 4) is 0 Å². The maximum atomic E-state index is 12.7. The normalized spacial score (nSPS) is 19.3. The molecule has 2 atom stereocenters. The van der Waals surface area contributed by atoms with Crippen molar-refractivity contribution in [3.63, 3.8) is 0 Å². The standard InChI is InChI=1S/C23H20N2O2/c26-23-22(27-17-19-12-6-2-7-13-19)21(20-14-8-3-9-15-20)25(23)24-16-18-10-4-1-5-11-18/h1-16,21-22H,17H2/b24-16+/t21-,22+/m1/s1. The van der Waals surface area contributed by atoms with E-state index in [2.05, 4.69) is 5.10 Å². The van der Waals surface area contributed by atoms with Gasteiger partial charge in [0.1, 0.15) is 6.04 Å². The first-order chi connectivity index (χ1) is 13.3. The average Bonchev–Trinajstić information content (AvgIpc) is 2.74. The maximum absolute atomic E-state index is 12.7. The van der Waals surface area contributed by atoms with Crippen LogP contribution in [0.3, 0.4) is 0 Å². The molecule has 4 rings (SSSR count). The lowest BCUT2D eigenvalue weighted by Crippen LogP contribution is -2.57. The molecule has 0 bridgehead atoms. The molecule has 0 unspecified atom stereocenters. The largest absolute Gasteiger partial charge is 0.361 e. The molecule has 3 aromatic carbocycles. The van der Waals surface area contributed by atoms with Crippen LogP contribution in [0.15, 0.2) is 96.1 Å². The van der Waals surface area contributed by atoms with Gasteiger partial charge >= 0.3 is 0 Å². The first-order valence-corrected chi connectivity index (χ1v) is 8.95. The predicted molar refractivity (Wildman–Crippen MR) is 105 cm³/mol. The second-order valence-electron chi connectivity index (χ2n) is 6.41. The highest BCUT2D eigenvalue weighted by Gasteiger charge is 2.49. The van der Waals surface area contributed by atoms with Gasteiger partial charge in [-0.2, -0.15) is 5.10 Å². The highest BCUT2D eigenvalue weighted by molar-refractivity contribution is 5.90. The number of rotatable bonds is 6. The van der Waals surface area contributed by atoms with Gasteiger partial charge in [0.2, 0.25) is 0 Å². The summed E-state index contributed by atoms with van der Waals surface area (Å²) in [4.78, 5) is 12.7. The van der Waals surface area contributed by atoms with E-state index in [4.69, 9.17) is 4.74 Å². The van der Waals surface area contributed by atoms with Crippen LogP contribution in [-0.2, 0) is 16.1 Å². The van der Waals surface area contributed by atoms with Crippen LogP contribution in [0.25, 0.3) is 0 Å². The summed E-state index contributed by atoms with van der Waals surface area (Å²) in [5, 5.41) is 5.93. The van der Waals surface area contributed by atoms with Crippen molar-refractivity contribution in [1.82, 2.24) is 5.01 Å². The highest BCUT2D eigenvalue weighted by Crippen LogP contribution is 2.37. The molecule has 1 aliphatic heterocycles. The van der Waals surface area contributed by atoms with E-state index in [-0.39, 0.29) is 11.9 Å². The van der Waals surface area contributed by atoms with E-state index in [1.165, 1.54) is 5.01 Å². The Hall–Kier alpha value is -3.24. The number of benzene rings is 3. The topological polar surface area (TPSA) is 41.9 Å². The number of ether oxygens (including phenoxy) is 1. The zero-order valence-corrected chi connectivity index (χ0v) is 14.8. The summed E-state index contributed by atoms with van der Waals surface area (Å²) in [5.41, 5.74) is 3.01. The number of β-lactam (4-membered cyclic amide) rings is 1. The Balaban J connectivity index is 1.53. The summed E-state index contributed by atoms with van der Waals surface area (Å²) in [7, 11) is 0. The summed E-state index contributed by atoms with van der Waals surface area (Å²) in [6.45, 7) is 0.400. The highest BCUT2D eigenvalue weighted by atomic mass is 16.5. The van der Waals surface area contributed by atoms with Gasteiger partial charge in [0.05, 0.1) is 12.8 Å². The van der Waals surface area contributed by atoms with Crippen LogP contribution in [-0.4, -0.2) is 23.2 Å². The van der Waals surface area contributed by atoms with Crippen LogP contribution in [0.2, 0.25) is 0 Å². The molecular weight excluding hydrogens is 336 g/mol. The number of hydrogen-bond donors (Lipinski definition) is 0. The third-order valence-electron chi connectivity index (χ3n) is 4.56. The summed E-state index contributed by atoms with van der Waals surface area (Å²) < 4.78 is 5.96. The van der Waals surface area contributed by atoms with Gasteiger partial charge in [-0.25, -0.2) is 5.01 Å². The van der Waals surface area contributed by atoms with Crippen LogP contribution < -0.4 is 0 Å². The van der Waals surface area contributed by atoms with Crippen molar-refractivity contribution in [2.75, 3.05) is 0 Å². The molecule has 1 amide bonds. The summed E-state index contributed by atoms with van der Waals surface area (Å²) in [6.07, 6.45) is 1.18. The molecular formula is C23H20N2O2. The molecule has 134 valence electrons. The van der Waals surface area contributed by atoms with Crippen molar-refractivity contribution in [2.24, 2.45) is 5.10 Å². The van der Waals surface area contributed by atoms with E-state index < -0.39 is 6.10 Å². The lowest BCUT2D eigenvalue weighted by Gasteiger charge is -2.43. The Morgan fingerprint density at radius 2 is 1.44 bits per heavy atom. The lowest BCUT2D eigenvalue weighted by molar-refractivity contribution is -0.176. The summed E-state index contributed by atoms with van der Waals surface area (Å²) in [5.74, 6) is -0.119. The molecule has 0 N–H and O–H groups in total. The van der Waals surface area contributed by atoms with E-state index in [1.807, 2.05) is 91.0 Å². The van der Waals surface area contributed by atoms with Crippen LogP contribution in [0.4, 0.5) is 0 Å². The quantitative estimate of drug-likeness (QED) is 0.491. The fraction of sp³-hybridized carbons (Fsp3) is 0.130. The van der Waals surface area contributed by atoms with Crippen LogP contribution >= 0.6 is 0 Å². The van der Waals surface area contributed by atoms with E-state index in [0.717, 1.165) is 16.7 Å². The minimum absolute atomic E-state index is 0.119. The predicted octanol–water partition coefficient (Wildman–Crippen LogP) is 4.19. The number of hydrazone groups is 1. The Kier molecular flexibility index (Phi) is 5.08. The molecule has 4 heteroatoms. The maximum Gasteiger partial charge on any atom is 0.275 e. The fourth-order valence-corrected chi connectivity index (χ4v) is 3.13. The van der Waals surface area contributed by atoms with Gasteiger partial charge in [0, 0.05) is 0 Å². The molecule has 4 nitrogen and oxygen atoms in total. The number of amides is 1. The molecule has 0 aliphatic carbocycles. The van der Waals surface area contributed by atoms with Gasteiger partial charge in [-0.15, -0.1) is 0 Å². The molecule has 0 aromatic heterocycles. The fourth-order valence-electron chi connectivity index (χ4n) is 3.13. The summed E-state index contributed by atoms with van der Waals surface area (Å²) in [6, 6.07) is 29.3. The number of carbonyl (C=O) groups is 1. The Bertz CT molecular complexity index is 911. The van der Waals surface area contributed by atoms with Gasteiger partial charge in [-0.05, 0) is 16.7 Å². The van der Waals surface area contributed by atoms with Crippen molar-refractivity contribution >= 4 is 12.1 Å². The molecule has 0 saturated carbocycles. The van der Waals surface area contributed by atoms with Crippen molar-refractivity contribution in [3.05, 3.63) is 108 Å². The zero-order chi connectivity index (χ0) is 18.5. The van der Waals surface area contributed by atoms with E-state index >= 15 is 0 Å². The minimum atomic E-state index is -0.527. The van der Waals surface area contributed by atoms with Gasteiger partial charge in [0.25, 0.3) is 5.91 Å². The monoisotopic (exact) mass is 356 g/mol. The lowest BCUT2D eigenvalue weighted by atomic mass is 9.92. The van der Waals surface area contributed by atoms with Crippen molar-refractivity contribution in [1.29, 1.82) is 0 Å². The van der Waals surface area contributed by atoms with E-state index in [0.29, 0.717) is 6.61 Å². The Labute approximate surface area is 158 Å². The molecule has 3 aromatic rings. The third-order valence-corrected chi connectivity index (χ3v) is 4.56. The first kappa shape index (κ1) is 17.2. The second kappa shape index (κ2) is 7.98. The van der Waals surface area contributed by atoms with Gasteiger partial charge in [-0.3, -0.25) is 4.79 Å². The third kappa shape index (κ3) is 3.81. The number of carbonyl (C=O) groups excluding carboxylic acids is 1. The van der Waals surface area contributed by atoms with Crippen molar-refractivity contribution in [2.45, 2.75) is 18.8 Å². The van der Waals surface area contributed by atoms with Crippen LogP contribution in [0, 0.1) is 0 Å². The molecule has 1 heterocycles. The Morgan fingerprint density at radius 1 is 0.852 bits per heavy atom. The van der Waals surface area contributed by atoms with Crippen LogP contribution in [0.5, 0.6) is 0 Å². The van der Waals surface area contributed by atoms with Crippen molar-refractivity contribution < 1.29 is 9.53 Å². The molecule has 1 saturated heterocycles. The molecule has 0 spiro atoms. The molecule has 27 heavy (non-hydrogen) atoms. The van der Waals surface area contributed by atoms with E-state index in [1.54, 1.807) is 6.21 Å². The minimum Gasteiger partial charge on any atom is -0.361 e. The number of hydrogen-bond acceptors (Lipinski definition) is 3. The first-order valence-electron chi connectivity index (χ1n) is 8.95. The average molecular weight is 356 g/mol. The second-order valence-corrected chi connectivity index (χ2v) is 6.41. The van der Waals surface area contributed by atoms with Gasteiger partial charge in [0.15, 0.2) is 6.10 Å². The SMILES string of the molecule is O=C1[C@@H](OCc2ccccc2)[C@@H](c2ccccc2)N1/N=C/c1ccccc1. The zero-order valence-electron chi connectivity index (χ0n) is 14.8. The van der Waals surface area contributed by atoms with Crippen LogP contribution in [0.1, 0.15) is 22.7 Å².